The smallest absolute Gasteiger partial charge is 0.301 e. The van der Waals surface area contributed by atoms with Crippen LogP contribution in [0.3, 0.4) is 0 Å². The Morgan fingerprint density at radius 2 is 1.90 bits per heavy atom. The Hall–Kier alpha value is -3.61. The Morgan fingerprint density at radius 3 is 2.53 bits per heavy atom. The maximum absolute atomic E-state index is 11.6. The number of hydrogen-bond acceptors (Lipinski definition) is 7. The van der Waals surface area contributed by atoms with Gasteiger partial charge in [-0.3, -0.25) is 25.7 Å². The van der Waals surface area contributed by atoms with Gasteiger partial charge in [-0.1, -0.05) is 29.8 Å². The summed E-state index contributed by atoms with van der Waals surface area (Å²) in [5, 5.41) is 30.9. The first-order chi connectivity index (χ1) is 14.3. The molecule has 0 bridgehead atoms. The molecule has 0 aliphatic carbocycles. The predicted molar refractivity (Wildman–Crippen MR) is 112 cm³/mol. The molecule has 1 fully saturated rings. The quantitative estimate of drug-likeness (QED) is 0.307. The van der Waals surface area contributed by atoms with Crippen molar-refractivity contribution in [2.75, 3.05) is 0 Å². The van der Waals surface area contributed by atoms with Gasteiger partial charge < -0.3 is 5.32 Å². The summed E-state index contributed by atoms with van der Waals surface area (Å²) in [6, 6.07) is 10.4. The monoisotopic (exact) mass is 445 g/mol. The molecule has 1 aromatic heterocycles. The van der Waals surface area contributed by atoms with Crippen LogP contribution in [0.1, 0.15) is 11.7 Å². The molecule has 0 spiro atoms. The van der Waals surface area contributed by atoms with Crippen LogP contribution in [0.5, 0.6) is 0 Å². The Morgan fingerprint density at radius 1 is 1.13 bits per heavy atom. The predicted octanol–water partition coefficient (Wildman–Crippen LogP) is 2.99. The molecular weight excluding hydrogens is 434 g/mol. The highest BCUT2D eigenvalue weighted by Crippen LogP contribution is 2.34. The number of hydrazine groups is 1. The zero-order chi connectivity index (χ0) is 21.4. The topological polar surface area (TPSA) is 140 Å². The minimum atomic E-state index is -0.695. The summed E-state index contributed by atoms with van der Waals surface area (Å²) < 4.78 is 1.29. The maximum atomic E-state index is 11.6. The molecule has 1 aliphatic rings. The van der Waals surface area contributed by atoms with Crippen LogP contribution in [0.15, 0.2) is 48.7 Å². The molecule has 3 N–H and O–H groups in total. The molecule has 3 aromatic rings. The molecule has 0 saturated carbocycles. The average Bonchev–Trinajstić information content (AvgIpc) is 3.34. The first-order valence-corrected chi connectivity index (χ1v) is 9.23. The summed E-state index contributed by atoms with van der Waals surface area (Å²) in [7, 11) is 0. The van der Waals surface area contributed by atoms with Gasteiger partial charge >= 0.3 is 5.69 Å². The minimum absolute atomic E-state index is 0.0682. The third-order valence-corrected chi connectivity index (χ3v) is 4.95. The van der Waals surface area contributed by atoms with Gasteiger partial charge in [-0.25, -0.2) is 10.1 Å². The van der Waals surface area contributed by atoms with Crippen molar-refractivity contribution in [3.63, 3.8) is 0 Å². The fourth-order valence-corrected chi connectivity index (χ4v) is 3.45. The molecule has 1 atom stereocenters. The molecular formula is C17H12ClN7O4S. The number of benzene rings is 2. The van der Waals surface area contributed by atoms with E-state index in [0.717, 1.165) is 6.07 Å². The second-order valence-electron chi connectivity index (χ2n) is 6.22. The third kappa shape index (κ3) is 3.54. The molecule has 30 heavy (non-hydrogen) atoms. The average molecular weight is 446 g/mol. The number of non-ortho nitro benzene ring substituents is 1. The van der Waals surface area contributed by atoms with Crippen LogP contribution < -0.4 is 16.2 Å². The molecule has 2 heterocycles. The number of nitro benzene ring substituents is 2. The fraction of sp³-hybridized carbons (Fsp3) is 0.0588. The number of nitrogens with zero attached hydrogens (tertiary/aromatic N) is 4. The summed E-state index contributed by atoms with van der Waals surface area (Å²) in [5.41, 5.74) is 6.64. The van der Waals surface area contributed by atoms with Crippen molar-refractivity contribution in [2.45, 2.75) is 6.17 Å². The zero-order valence-electron chi connectivity index (χ0n) is 14.9. The van der Waals surface area contributed by atoms with Gasteiger partial charge in [0.2, 0.25) is 0 Å². The number of aromatic nitrogens is 2. The van der Waals surface area contributed by atoms with Crippen molar-refractivity contribution in [1.29, 1.82) is 0 Å². The van der Waals surface area contributed by atoms with E-state index in [1.165, 1.54) is 16.8 Å². The molecule has 1 unspecified atom stereocenters. The van der Waals surface area contributed by atoms with E-state index < -0.39 is 27.4 Å². The summed E-state index contributed by atoms with van der Waals surface area (Å²) in [4.78, 5) is 21.2. The summed E-state index contributed by atoms with van der Waals surface area (Å²) >= 11 is 11.4. The number of nitro groups is 2. The largest absolute Gasteiger partial charge is 0.341 e. The molecule has 0 radical (unpaired) electrons. The molecule has 0 amide bonds. The van der Waals surface area contributed by atoms with Gasteiger partial charge in [-0.2, -0.15) is 5.10 Å². The lowest BCUT2D eigenvalue weighted by molar-refractivity contribution is -0.394. The highest BCUT2D eigenvalue weighted by Gasteiger charge is 2.28. The van der Waals surface area contributed by atoms with E-state index in [4.69, 9.17) is 23.8 Å². The van der Waals surface area contributed by atoms with Crippen molar-refractivity contribution < 1.29 is 9.85 Å². The molecule has 1 aliphatic heterocycles. The second-order valence-corrected chi connectivity index (χ2v) is 7.04. The molecule has 13 heteroatoms. The molecule has 2 aromatic carbocycles. The highest BCUT2D eigenvalue weighted by atomic mass is 35.5. The Bertz CT molecular complexity index is 1200. The van der Waals surface area contributed by atoms with E-state index in [-0.39, 0.29) is 5.69 Å². The van der Waals surface area contributed by atoms with E-state index in [0.29, 0.717) is 27.0 Å². The molecule has 11 nitrogen and oxygen atoms in total. The Labute approximate surface area is 178 Å². The van der Waals surface area contributed by atoms with E-state index in [1.807, 2.05) is 0 Å². The summed E-state index contributed by atoms with van der Waals surface area (Å²) in [6.07, 6.45) is 1.10. The normalized spacial score (nSPS) is 15.5. The van der Waals surface area contributed by atoms with E-state index in [9.17, 15) is 20.2 Å². The fourth-order valence-electron chi connectivity index (χ4n) is 3.05. The summed E-state index contributed by atoms with van der Waals surface area (Å²) in [6.45, 7) is 0. The second kappa shape index (κ2) is 7.67. The van der Waals surface area contributed by atoms with E-state index in [2.05, 4.69) is 21.3 Å². The van der Waals surface area contributed by atoms with Crippen molar-refractivity contribution in [1.82, 2.24) is 25.9 Å². The lowest BCUT2D eigenvalue weighted by atomic mass is 10.1. The first kappa shape index (κ1) is 19.7. The van der Waals surface area contributed by atoms with E-state index in [1.54, 1.807) is 30.5 Å². The number of hydrogen-bond donors (Lipinski definition) is 3. The van der Waals surface area contributed by atoms with Gasteiger partial charge in [-0.05, 0) is 24.4 Å². The van der Waals surface area contributed by atoms with Crippen LogP contribution in [0.4, 0.5) is 11.4 Å². The van der Waals surface area contributed by atoms with Crippen LogP contribution in [-0.4, -0.2) is 24.7 Å². The van der Waals surface area contributed by atoms with Gasteiger partial charge in [0.1, 0.15) is 17.5 Å². The van der Waals surface area contributed by atoms with Crippen LogP contribution in [0, 0.1) is 20.2 Å². The minimum Gasteiger partial charge on any atom is -0.341 e. The number of nitrogens with one attached hydrogen (secondary N) is 3. The Balaban J connectivity index is 1.90. The van der Waals surface area contributed by atoms with Gasteiger partial charge in [0.25, 0.3) is 5.69 Å². The van der Waals surface area contributed by atoms with Crippen molar-refractivity contribution in [3.05, 3.63) is 79.5 Å². The van der Waals surface area contributed by atoms with Crippen LogP contribution in [0.25, 0.3) is 16.9 Å². The summed E-state index contributed by atoms with van der Waals surface area (Å²) in [5.74, 6) is 0. The number of rotatable bonds is 5. The van der Waals surface area contributed by atoms with Crippen LogP contribution in [-0.2, 0) is 0 Å². The lowest BCUT2D eigenvalue weighted by Gasteiger charge is -2.10. The van der Waals surface area contributed by atoms with Gasteiger partial charge in [0, 0.05) is 23.4 Å². The first-order valence-electron chi connectivity index (χ1n) is 8.45. The lowest BCUT2D eigenvalue weighted by Crippen LogP contribution is -2.26. The zero-order valence-corrected chi connectivity index (χ0v) is 16.5. The number of halogens is 1. The van der Waals surface area contributed by atoms with E-state index >= 15 is 0 Å². The standard InChI is InChI=1S/C17H12ClN7O4S/c18-12-4-2-1-3-10(12)15-11(16-19-17(30)21-20-16)8-23(22-15)13-6-5-9(24(26)27)7-14(13)25(28)29/h1-8,16,20H,(H2,19,21,30). The SMILES string of the molecule is O=[N+]([O-])c1ccc(-n2cc(C3NNC(=S)N3)c(-c3ccccc3Cl)n2)c([N+](=O)[O-])c1. The van der Waals surface area contributed by atoms with Crippen molar-refractivity contribution in [3.8, 4) is 16.9 Å². The van der Waals surface area contributed by atoms with Gasteiger partial charge in [-0.15, -0.1) is 0 Å². The van der Waals surface area contributed by atoms with Crippen LogP contribution in [0.2, 0.25) is 5.02 Å². The molecule has 4 rings (SSSR count). The van der Waals surface area contributed by atoms with Crippen molar-refractivity contribution in [2.24, 2.45) is 0 Å². The number of thiocarbonyl (C=S) groups is 1. The highest BCUT2D eigenvalue weighted by molar-refractivity contribution is 7.80. The maximum Gasteiger partial charge on any atom is 0.301 e. The molecule has 1 saturated heterocycles. The van der Waals surface area contributed by atoms with Gasteiger partial charge in [0.05, 0.1) is 20.9 Å². The Kier molecular flexibility index (Phi) is 5.03. The molecule has 152 valence electrons. The third-order valence-electron chi connectivity index (χ3n) is 4.40. The van der Waals surface area contributed by atoms with Gasteiger partial charge in [0.15, 0.2) is 5.11 Å². The van der Waals surface area contributed by atoms with Crippen LogP contribution >= 0.6 is 23.8 Å². The van der Waals surface area contributed by atoms with Crippen molar-refractivity contribution >= 4 is 40.3 Å².